The molecule has 0 atom stereocenters. The molecule has 2 aromatic rings. The lowest BCUT2D eigenvalue weighted by atomic mass is 9.87. The molecule has 2 fully saturated rings. The van der Waals surface area contributed by atoms with Crippen molar-refractivity contribution < 1.29 is 18.3 Å². The van der Waals surface area contributed by atoms with Gasteiger partial charge in [0.2, 0.25) is 5.92 Å². The van der Waals surface area contributed by atoms with Crippen LogP contribution in [-0.4, -0.2) is 41.5 Å². The molecule has 1 aliphatic heterocycles. The number of piperidine rings is 1. The first-order chi connectivity index (χ1) is 15.5. The molecule has 1 saturated carbocycles. The van der Waals surface area contributed by atoms with E-state index in [1.54, 1.807) is 18.5 Å². The van der Waals surface area contributed by atoms with E-state index in [9.17, 15) is 13.6 Å². The van der Waals surface area contributed by atoms with Gasteiger partial charge in [-0.25, -0.2) is 13.6 Å². The molecule has 5 nitrogen and oxygen atoms in total. The number of benzene rings is 1. The number of anilines is 1. The monoisotopic (exact) mass is 441 g/mol. The number of pyridine rings is 1. The maximum atomic E-state index is 13.3. The summed E-state index contributed by atoms with van der Waals surface area (Å²) in [6.07, 6.45) is 8.06. The van der Waals surface area contributed by atoms with E-state index in [0.29, 0.717) is 38.2 Å². The van der Waals surface area contributed by atoms with Crippen molar-refractivity contribution in [3.8, 4) is 5.75 Å². The number of hydrogen-bond donors (Lipinski definition) is 1. The maximum Gasteiger partial charge on any atom is 0.321 e. The number of nitrogens with one attached hydrogen (secondary N) is 1. The topological polar surface area (TPSA) is 54.5 Å². The number of carbonyl (C=O) groups excluding carboxylic acids is 1. The molecule has 0 unspecified atom stereocenters. The molecule has 32 heavy (non-hydrogen) atoms. The van der Waals surface area contributed by atoms with E-state index in [2.05, 4.69) is 16.4 Å². The first-order valence-electron chi connectivity index (χ1n) is 11.2. The van der Waals surface area contributed by atoms with Crippen molar-refractivity contribution in [2.24, 2.45) is 5.92 Å². The first kappa shape index (κ1) is 22.2. The fourth-order valence-electron chi connectivity index (χ4n) is 4.19. The fraction of sp³-hybridized carbons (Fsp3) is 0.440. The van der Waals surface area contributed by atoms with Crippen molar-refractivity contribution in [1.82, 2.24) is 9.88 Å². The highest BCUT2D eigenvalue weighted by Gasteiger charge is 2.35. The average molecular weight is 442 g/mol. The van der Waals surface area contributed by atoms with Gasteiger partial charge in [0.05, 0.1) is 18.5 Å². The average Bonchev–Trinajstić information content (AvgIpc) is 2.80. The second kappa shape index (κ2) is 10.1. The van der Waals surface area contributed by atoms with Crippen LogP contribution in [0.5, 0.6) is 5.75 Å². The number of alkyl halides is 2. The van der Waals surface area contributed by atoms with Crippen LogP contribution in [0.2, 0.25) is 0 Å². The normalized spacial score (nSPS) is 18.8. The molecule has 4 rings (SSSR count). The smallest absolute Gasteiger partial charge is 0.321 e. The Bertz CT molecular complexity index is 929. The number of amides is 2. The zero-order valence-corrected chi connectivity index (χ0v) is 18.1. The zero-order valence-electron chi connectivity index (χ0n) is 18.1. The van der Waals surface area contributed by atoms with Crippen molar-refractivity contribution in [2.45, 2.75) is 44.4 Å². The summed E-state index contributed by atoms with van der Waals surface area (Å²) in [5, 5.41) is 2.88. The van der Waals surface area contributed by atoms with Crippen LogP contribution in [0.4, 0.5) is 19.3 Å². The molecular weight excluding hydrogens is 412 g/mol. The van der Waals surface area contributed by atoms with Crippen LogP contribution >= 0.6 is 0 Å². The van der Waals surface area contributed by atoms with Gasteiger partial charge in [-0.3, -0.25) is 4.98 Å². The van der Waals surface area contributed by atoms with E-state index in [-0.39, 0.29) is 24.8 Å². The van der Waals surface area contributed by atoms with Crippen molar-refractivity contribution in [3.63, 3.8) is 0 Å². The Morgan fingerprint density at radius 2 is 1.97 bits per heavy atom. The molecule has 1 saturated heterocycles. The molecule has 0 bridgehead atoms. The Morgan fingerprint density at radius 3 is 2.69 bits per heavy atom. The summed E-state index contributed by atoms with van der Waals surface area (Å²) in [5.41, 5.74) is 3.04. The number of carbonyl (C=O) groups is 1. The van der Waals surface area contributed by atoms with Crippen LogP contribution in [-0.2, 0) is 0 Å². The van der Waals surface area contributed by atoms with E-state index >= 15 is 0 Å². The molecule has 1 aliphatic carbocycles. The van der Waals surface area contributed by atoms with Gasteiger partial charge in [-0.15, -0.1) is 0 Å². The molecule has 1 N–H and O–H groups in total. The first-order valence-corrected chi connectivity index (χ1v) is 11.2. The van der Waals surface area contributed by atoms with Gasteiger partial charge in [-0.1, -0.05) is 23.8 Å². The molecule has 2 aliphatic rings. The summed E-state index contributed by atoms with van der Waals surface area (Å²) in [4.78, 5) is 18.3. The van der Waals surface area contributed by atoms with E-state index in [1.165, 1.54) is 5.57 Å². The van der Waals surface area contributed by atoms with E-state index in [0.717, 1.165) is 24.2 Å². The van der Waals surface area contributed by atoms with Crippen LogP contribution in [0.25, 0.3) is 6.08 Å². The number of ether oxygens (including phenoxy) is 1. The van der Waals surface area contributed by atoms with Crippen LogP contribution in [0, 0.1) is 5.92 Å². The third kappa shape index (κ3) is 6.28. The Morgan fingerprint density at radius 1 is 1.19 bits per heavy atom. The fourth-order valence-corrected chi connectivity index (χ4v) is 4.19. The summed E-state index contributed by atoms with van der Waals surface area (Å²) < 4.78 is 32.5. The summed E-state index contributed by atoms with van der Waals surface area (Å²) >= 11 is 0. The number of likely N-dealkylation sites (tertiary alicyclic amines) is 1. The van der Waals surface area contributed by atoms with Gasteiger partial charge < -0.3 is 15.0 Å². The highest BCUT2D eigenvalue weighted by molar-refractivity contribution is 5.89. The third-order valence-electron chi connectivity index (χ3n) is 6.16. The van der Waals surface area contributed by atoms with Gasteiger partial charge in [0.15, 0.2) is 0 Å². The lowest BCUT2D eigenvalue weighted by Crippen LogP contribution is -2.39. The summed E-state index contributed by atoms with van der Waals surface area (Å²) in [6.45, 7) is 1.82. The minimum atomic E-state index is -2.50. The van der Waals surface area contributed by atoms with Gasteiger partial charge in [-0.05, 0) is 61.4 Å². The van der Waals surface area contributed by atoms with Gasteiger partial charge >= 0.3 is 6.03 Å². The minimum absolute atomic E-state index is 0.0373. The van der Waals surface area contributed by atoms with Crippen molar-refractivity contribution in [2.75, 3.05) is 25.0 Å². The standard InChI is InChI=1S/C25H29F2N3O2/c26-25(27)10-6-20(7-11-25)18-32-23-5-1-3-21(16-23)15-19-8-13-30(14-9-19)24(31)29-22-4-2-12-28-17-22/h1-5,12,15-17,20H,6-11,13-14,18H2,(H,29,31). The number of aromatic nitrogens is 1. The van der Waals surface area contributed by atoms with E-state index in [1.807, 2.05) is 35.2 Å². The molecule has 1 aromatic heterocycles. The molecular formula is C25H29F2N3O2. The number of halogens is 2. The van der Waals surface area contributed by atoms with Crippen LogP contribution in [0.15, 0.2) is 54.4 Å². The molecule has 1 aromatic carbocycles. The largest absolute Gasteiger partial charge is 0.493 e. The van der Waals surface area contributed by atoms with E-state index in [4.69, 9.17) is 4.74 Å². The molecule has 170 valence electrons. The zero-order chi connectivity index (χ0) is 22.4. The third-order valence-corrected chi connectivity index (χ3v) is 6.16. The van der Waals surface area contributed by atoms with Gasteiger partial charge in [0, 0.05) is 32.1 Å². The van der Waals surface area contributed by atoms with E-state index < -0.39 is 5.92 Å². The number of nitrogens with zero attached hydrogens (tertiary/aromatic N) is 2. The predicted octanol–water partition coefficient (Wildman–Crippen LogP) is 6.00. The Balaban J connectivity index is 1.26. The van der Waals surface area contributed by atoms with Crippen molar-refractivity contribution in [3.05, 3.63) is 59.9 Å². The second-order valence-electron chi connectivity index (χ2n) is 8.64. The Hall–Kier alpha value is -2.96. The molecule has 0 spiro atoms. The maximum absolute atomic E-state index is 13.3. The quantitative estimate of drug-likeness (QED) is 0.619. The van der Waals surface area contributed by atoms with Crippen molar-refractivity contribution >= 4 is 17.8 Å². The number of rotatable bonds is 5. The minimum Gasteiger partial charge on any atom is -0.493 e. The Labute approximate surface area is 187 Å². The molecule has 7 heteroatoms. The predicted molar refractivity (Wildman–Crippen MR) is 121 cm³/mol. The lowest BCUT2D eigenvalue weighted by molar-refractivity contribution is -0.0498. The Kier molecular flexibility index (Phi) is 7.02. The second-order valence-corrected chi connectivity index (χ2v) is 8.64. The lowest BCUT2D eigenvalue weighted by Gasteiger charge is -2.28. The summed E-state index contributed by atoms with van der Waals surface area (Å²) in [5.74, 6) is -1.54. The van der Waals surface area contributed by atoms with Crippen LogP contribution < -0.4 is 10.1 Å². The highest BCUT2D eigenvalue weighted by atomic mass is 19.3. The van der Waals surface area contributed by atoms with Crippen LogP contribution in [0.1, 0.15) is 44.1 Å². The molecule has 2 heterocycles. The highest BCUT2D eigenvalue weighted by Crippen LogP contribution is 2.36. The van der Waals surface area contributed by atoms with Gasteiger partial charge in [0.25, 0.3) is 0 Å². The summed E-state index contributed by atoms with van der Waals surface area (Å²) in [6, 6.07) is 11.4. The number of urea groups is 1. The van der Waals surface area contributed by atoms with Crippen LogP contribution in [0.3, 0.4) is 0 Å². The molecule has 2 amide bonds. The molecule has 0 radical (unpaired) electrons. The number of hydrogen-bond acceptors (Lipinski definition) is 3. The van der Waals surface area contributed by atoms with Gasteiger partial charge in [0.1, 0.15) is 5.75 Å². The SMILES string of the molecule is O=C(Nc1cccnc1)N1CCC(=Cc2cccc(OCC3CCC(F)(F)CC3)c2)CC1. The van der Waals surface area contributed by atoms with Gasteiger partial charge in [-0.2, -0.15) is 0 Å². The van der Waals surface area contributed by atoms with Crippen molar-refractivity contribution in [1.29, 1.82) is 0 Å². The summed E-state index contributed by atoms with van der Waals surface area (Å²) in [7, 11) is 0.